The fourth-order valence-corrected chi connectivity index (χ4v) is 3.03. The van der Waals surface area contributed by atoms with Gasteiger partial charge in [-0.15, -0.1) is 0 Å². The average Bonchev–Trinajstić information content (AvgIpc) is 3.04. The molecule has 1 aliphatic heterocycles. The maximum Gasteiger partial charge on any atom is 0.429 e. The summed E-state index contributed by atoms with van der Waals surface area (Å²) in [6.07, 6.45) is -0.0362. The van der Waals surface area contributed by atoms with Crippen molar-refractivity contribution in [2.45, 2.75) is 32.4 Å². The fourth-order valence-electron chi connectivity index (χ4n) is 3.03. The normalized spacial score (nSPS) is 20.2. The number of amides is 2. The van der Waals surface area contributed by atoms with E-state index in [-0.39, 0.29) is 19.0 Å². The zero-order valence-electron chi connectivity index (χ0n) is 14.6. The summed E-state index contributed by atoms with van der Waals surface area (Å²) in [5, 5.41) is 1.04. The summed E-state index contributed by atoms with van der Waals surface area (Å²) in [5.41, 5.74) is 3.33. The number of para-hydroxylation sites is 1. The summed E-state index contributed by atoms with van der Waals surface area (Å²) >= 11 is 0. The molecule has 2 unspecified atom stereocenters. The number of ketones is 1. The van der Waals surface area contributed by atoms with Crippen molar-refractivity contribution in [3.8, 4) is 5.75 Å². The van der Waals surface area contributed by atoms with Gasteiger partial charge in [0, 0.05) is 12.0 Å². The summed E-state index contributed by atoms with van der Waals surface area (Å²) in [6.45, 7) is 3.63. The number of benzene rings is 1. The predicted molar refractivity (Wildman–Crippen MR) is 90.7 cm³/mol. The van der Waals surface area contributed by atoms with E-state index in [1.165, 1.54) is 0 Å². The van der Waals surface area contributed by atoms with Crippen LogP contribution in [0.25, 0.3) is 0 Å². The summed E-state index contributed by atoms with van der Waals surface area (Å²) in [4.78, 5) is 36.7. The Morgan fingerprint density at radius 2 is 1.96 bits per heavy atom. The molecule has 1 N–H and O–H groups in total. The van der Waals surface area contributed by atoms with Crippen molar-refractivity contribution in [1.29, 1.82) is 0 Å². The first-order valence-corrected chi connectivity index (χ1v) is 8.46. The highest BCUT2D eigenvalue weighted by Crippen LogP contribution is 2.36. The minimum atomic E-state index is -0.774. The van der Waals surface area contributed by atoms with E-state index in [1.54, 1.807) is 44.2 Å². The van der Waals surface area contributed by atoms with Gasteiger partial charge in [-0.05, 0) is 32.1 Å². The Labute approximate surface area is 150 Å². The second-order valence-corrected chi connectivity index (χ2v) is 5.76. The molecule has 2 aliphatic rings. The molecule has 8 heteroatoms. The Morgan fingerprint density at radius 3 is 2.69 bits per heavy atom. The summed E-state index contributed by atoms with van der Waals surface area (Å²) in [7, 11) is 0. The van der Waals surface area contributed by atoms with Gasteiger partial charge in [-0.2, -0.15) is 0 Å². The van der Waals surface area contributed by atoms with Gasteiger partial charge in [0.25, 0.3) is 0 Å². The van der Waals surface area contributed by atoms with Gasteiger partial charge < -0.3 is 14.2 Å². The monoisotopic (exact) mass is 360 g/mol. The Bertz CT molecular complexity index is 760. The minimum Gasteiger partial charge on any atom is -0.485 e. The first-order chi connectivity index (χ1) is 12.5. The number of rotatable bonds is 3. The summed E-state index contributed by atoms with van der Waals surface area (Å²) in [5.74, 6) is 0.376. The smallest absolute Gasteiger partial charge is 0.429 e. The van der Waals surface area contributed by atoms with Crippen LogP contribution in [0.4, 0.5) is 9.59 Å². The second kappa shape index (κ2) is 7.47. The third kappa shape index (κ3) is 3.35. The molecule has 0 radical (unpaired) electrons. The van der Waals surface area contributed by atoms with Crippen LogP contribution in [0.2, 0.25) is 0 Å². The Balaban J connectivity index is 1.83. The highest BCUT2D eigenvalue weighted by atomic mass is 16.6. The molecular formula is C18H20N2O6. The molecule has 0 saturated carbocycles. The molecule has 8 nitrogen and oxygen atoms in total. The van der Waals surface area contributed by atoms with Crippen LogP contribution >= 0.6 is 0 Å². The zero-order valence-corrected chi connectivity index (χ0v) is 14.6. The van der Waals surface area contributed by atoms with Gasteiger partial charge in [0.1, 0.15) is 11.9 Å². The molecule has 138 valence electrons. The van der Waals surface area contributed by atoms with Crippen LogP contribution in [0.15, 0.2) is 35.9 Å². The SMILES string of the molecule is CCOC(=O)NN(C(=O)OCC)C1C=C2C(=O)c3ccccc3OC2C1. The molecular weight excluding hydrogens is 340 g/mol. The Hall–Kier alpha value is -3.03. The molecule has 1 aromatic carbocycles. The molecule has 2 atom stereocenters. The van der Waals surface area contributed by atoms with E-state index in [4.69, 9.17) is 14.2 Å². The molecule has 0 spiro atoms. The van der Waals surface area contributed by atoms with Crippen LogP contribution in [0.3, 0.4) is 0 Å². The number of carbonyl (C=O) groups is 3. The van der Waals surface area contributed by atoms with Crippen molar-refractivity contribution in [2.75, 3.05) is 13.2 Å². The number of hydrogen-bond acceptors (Lipinski definition) is 6. The first kappa shape index (κ1) is 17.8. The maximum atomic E-state index is 12.7. The van der Waals surface area contributed by atoms with Crippen LogP contribution in [-0.2, 0) is 9.47 Å². The number of fused-ring (bicyclic) bond motifs is 2. The van der Waals surface area contributed by atoms with Gasteiger partial charge in [-0.25, -0.2) is 20.0 Å². The third-order valence-electron chi connectivity index (χ3n) is 4.12. The third-order valence-corrected chi connectivity index (χ3v) is 4.12. The number of ether oxygens (including phenoxy) is 3. The number of nitrogens with one attached hydrogen (secondary N) is 1. The van der Waals surface area contributed by atoms with Crippen molar-refractivity contribution < 1.29 is 28.6 Å². The van der Waals surface area contributed by atoms with E-state index >= 15 is 0 Å². The average molecular weight is 360 g/mol. The second-order valence-electron chi connectivity index (χ2n) is 5.76. The predicted octanol–water partition coefficient (Wildman–Crippen LogP) is 2.45. The maximum absolute atomic E-state index is 12.7. The lowest BCUT2D eigenvalue weighted by molar-refractivity contribution is 0.0586. The standard InChI is InChI=1S/C18H20N2O6/c1-3-24-17(22)19-20(18(23)25-4-2)11-9-13-15(10-11)26-14-8-6-5-7-12(14)16(13)21/h5-9,11,15H,3-4,10H2,1-2H3,(H,19,22). The summed E-state index contributed by atoms with van der Waals surface area (Å²) < 4.78 is 15.7. The molecule has 1 heterocycles. The van der Waals surface area contributed by atoms with E-state index in [2.05, 4.69) is 5.43 Å². The number of Topliss-reactive ketones (excluding diaryl/α,β-unsaturated/α-hetero) is 1. The number of nitrogens with zero attached hydrogens (tertiary/aromatic N) is 1. The number of carbonyl (C=O) groups excluding carboxylic acids is 3. The van der Waals surface area contributed by atoms with Gasteiger partial charge in [-0.1, -0.05) is 12.1 Å². The topological polar surface area (TPSA) is 94.2 Å². The summed E-state index contributed by atoms with van der Waals surface area (Å²) in [6, 6.07) is 6.40. The van der Waals surface area contributed by atoms with Crippen LogP contribution in [0, 0.1) is 0 Å². The number of hydrogen-bond donors (Lipinski definition) is 1. The van der Waals surface area contributed by atoms with Crippen LogP contribution in [-0.4, -0.2) is 48.3 Å². The fraction of sp³-hybridized carbons (Fsp3) is 0.389. The zero-order chi connectivity index (χ0) is 18.7. The van der Waals surface area contributed by atoms with Crippen molar-refractivity contribution in [1.82, 2.24) is 10.4 Å². The highest BCUT2D eigenvalue weighted by molar-refractivity contribution is 6.12. The van der Waals surface area contributed by atoms with Gasteiger partial charge >= 0.3 is 12.2 Å². The minimum absolute atomic E-state index is 0.140. The quantitative estimate of drug-likeness (QED) is 0.832. The largest absolute Gasteiger partial charge is 0.485 e. The van der Waals surface area contributed by atoms with E-state index in [0.717, 1.165) is 5.01 Å². The molecule has 26 heavy (non-hydrogen) atoms. The Kier molecular flexibility index (Phi) is 5.11. The van der Waals surface area contributed by atoms with E-state index in [0.29, 0.717) is 23.3 Å². The van der Waals surface area contributed by atoms with Crippen LogP contribution in [0.5, 0.6) is 5.75 Å². The van der Waals surface area contributed by atoms with Crippen LogP contribution < -0.4 is 10.2 Å². The molecule has 3 rings (SSSR count). The van der Waals surface area contributed by atoms with Crippen LogP contribution in [0.1, 0.15) is 30.6 Å². The Morgan fingerprint density at radius 1 is 1.23 bits per heavy atom. The lowest BCUT2D eigenvalue weighted by Gasteiger charge is -2.28. The van der Waals surface area contributed by atoms with E-state index in [1.807, 2.05) is 0 Å². The molecule has 1 aromatic rings. The molecule has 0 aromatic heterocycles. The van der Waals surface area contributed by atoms with Crippen molar-refractivity contribution >= 4 is 18.0 Å². The molecule has 1 aliphatic carbocycles. The van der Waals surface area contributed by atoms with Gasteiger partial charge in [-0.3, -0.25) is 4.79 Å². The van der Waals surface area contributed by atoms with Gasteiger partial charge in [0.05, 0.1) is 24.8 Å². The van der Waals surface area contributed by atoms with Crippen molar-refractivity contribution in [2.24, 2.45) is 0 Å². The van der Waals surface area contributed by atoms with Gasteiger partial charge in [0.15, 0.2) is 5.78 Å². The van der Waals surface area contributed by atoms with Gasteiger partial charge in [0.2, 0.25) is 0 Å². The lowest BCUT2D eigenvalue weighted by Crippen LogP contribution is -2.51. The molecule has 0 saturated heterocycles. The molecule has 0 bridgehead atoms. The first-order valence-electron chi connectivity index (χ1n) is 8.46. The van der Waals surface area contributed by atoms with E-state index in [9.17, 15) is 14.4 Å². The highest BCUT2D eigenvalue weighted by Gasteiger charge is 2.41. The van der Waals surface area contributed by atoms with Crippen molar-refractivity contribution in [3.63, 3.8) is 0 Å². The van der Waals surface area contributed by atoms with Crippen molar-refractivity contribution in [3.05, 3.63) is 41.5 Å². The molecule has 2 amide bonds. The lowest BCUT2D eigenvalue weighted by atomic mass is 9.97. The molecule has 0 fully saturated rings. The number of hydrazine groups is 1. The van der Waals surface area contributed by atoms with E-state index < -0.39 is 24.3 Å².